The second kappa shape index (κ2) is 8.95. The molecule has 4 aromatic rings. The van der Waals surface area contributed by atoms with E-state index < -0.39 is 6.04 Å². The second-order valence-corrected chi connectivity index (χ2v) is 8.90. The number of hydrogen-bond acceptors (Lipinski definition) is 6. The van der Waals surface area contributed by atoms with Crippen LogP contribution >= 0.6 is 11.6 Å². The highest BCUT2D eigenvalue weighted by Gasteiger charge is 2.38. The average molecular weight is 478 g/mol. The van der Waals surface area contributed by atoms with Gasteiger partial charge in [0.05, 0.1) is 5.52 Å². The van der Waals surface area contributed by atoms with Gasteiger partial charge in [-0.1, -0.05) is 31.0 Å². The Morgan fingerprint density at radius 2 is 2.03 bits per heavy atom. The van der Waals surface area contributed by atoms with Gasteiger partial charge in [-0.3, -0.25) is 9.59 Å². The molecule has 0 saturated carbocycles. The Kier molecular flexibility index (Phi) is 5.83. The van der Waals surface area contributed by atoms with Gasteiger partial charge in [-0.15, -0.1) is 0 Å². The van der Waals surface area contributed by atoms with Crippen molar-refractivity contribution in [2.45, 2.75) is 32.4 Å². The van der Waals surface area contributed by atoms with E-state index in [9.17, 15) is 9.59 Å². The minimum Gasteiger partial charge on any atom is -0.451 e. The number of carbonyl (C=O) groups is 2. The SMILES string of the molecule is CCCC1C(=O)N(Cc2ccc3c(N)ncnc3c2)CCN1C(=O)c1cc2ccc(Cl)cc2o1. The smallest absolute Gasteiger partial charge is 0.290 e. The highest BCUT2D eigenvalue weighted by Crippen LogP contribution is 2.27. The molecule has 9 heteroatoms. The number of anilines is 1. The van der Waals surface area contributed by atoms with Gasteiger partial charge in [0.1, 0.15) is 23.8 Å². The molecule has 0 bridgehead atoms. The lowest BCUT2D eigenvalue weighted by Crippen LogP contribution is -2.58. The maximum atomic E-state index is 13.4. The van der Waals surface area contributed by atoms with Crippen LogP contribution in [0.2, 0.25) is 5.02 Å². The third kappa shape index (κ3) is 4.05. The van der Waals surface area contributed by atoms with Crippen LogP contribution in [0.15, 0.2) is 53.2 Å². The summed E-state index contributed by atoms with van der Waals surface area (Å²) in [6.45, 7) is 3.30. The minimum atomic E-state index is -0.540. The number of carbonyl (C=O) groups excluding carboxylic acids is 2. The predicted octanol–water partition coefficient (Wildman–Crippen LogP) is 4.26. The van der Waals surface area contributed by atoms with Gasteiger partial charge < -0.3 is 20.0 Å². The van der Waals surface area contributed by atoms with E-state index in [1.807, 2.05) is 31.2 Å². The molecule has 5 rings (SSSR count). The third-order valence-corrected chi connectivity index (χ3v) is 6.44. The van der Waals surface area contributed by atoms with Gasteiger partial charge in [-0.25, -0.2) is 9.97 Å². The van der Waals surface area contributed by atoms with Crippen LogP contribution in [0.3, 0.4) is 0 Å². The first kappa shape index (κ1) is 22.2. The van der Waals surface area contributed by atoms with Crippen LogP contribution in [0.4, 0.5) is 5.82 Å². The molecule has 1 saturated heterocycles. The normalized spacial score (nSPS) is 16.5. The molecule has 1 unspecified atom stereocenters. The summed E-state index contributed by atoms with van der Waals surface area (Å²) in [7, 11) is 0. The third-order valence-electron chi connectivity index (χ3n) is 6.20. The summed E-state index contributed by atoms with van der Waals surface area (Å²) < 4.78 is 5.78. The van der Waals surface area contributed by atoms with Gasteiger partial charge in [-0.05, 0) is 42.3 Å². The zero-order valence-corrected chi connectivity index (χ0v) is 19.5. The summed E-state index contributed by atoms with van der Waals surface area (Å²) in [6, 6.07) is 12.1. The molecule has 2 amide bonds. The van der Waals surface area contributed by atoms with Crippen molar-refractivity contribution in [1.82, 2.24) is 19.8 Å². The number of piperazine rings is 1. The van der Waals surface area contributed by atoms with Gasteiger partial charge >= 0.3 is 0 Å². The lowest BCUT2D eigenvalue weighted by Gasteiger charge is -2.40. The van der Waals surface area contributed by atoms with Crippen LogP contribution in [0.5, 0.6) is 0 Å². The van der Waals surface area contributed by atoms with Gasteiger partial charge in [0.25, 0.3) is 5.91 Å². The molecule has 0 radical (unpaired) electrons. The highest BCUT2D eigenvalue weighted by molar-refractivity contribution is 6.31. The molecule has 1 atom stereocenters. The number of rotatable bonds is 5. The fraction of sp³-hybridized carbons (Fsp3) is 0.280. The monoisotopic (exact) mass is 477 g/mol. The second-order valence-electron chi connectivity index (χ2n) is 8.47. The Labute approximate surface area is 201 Å². The molecule has 1 fully saturated rings. The molecule has 2 aromatic carbocycles. The zero-order valence-electron chi connectivity index (χ0n) is 18.7. The van der Waals surface area contributed by atoms with E-state index >= 15 is 0 Å². The molecule has 2 N–H and O–H groups in total. The van der Waals surface area contributed by atoms with E-state index in [-0.39, 0.29) is 17.6 Å². The molecule has 0 spiro atoms. The molecule has 3 heterocycles. The highest BCUT2D eigenvalue weighted by atomic mass is 35.5. The average Bonchev–Trinajstić information content (AvgIpc) is 3.25. The molecule has 8 nitrogen and oxygen atoms in total. The summed E-state index contributed by atoms with van der Waals surface area (Å²) in [5.41, 5.74) is 8.15. The topological polar surface area (TPSA) is 106 Å². The molecule has 1 aliphatic rings. The molecule has 34 heavy (non-hydrogen) atoms. The summed E-state index contributed by atoms with van der Waals surface area (Å²) in [5.74, 6) is 0.293. The Hall–Kier alpha value is -3.65. The number of hydrogen-bond donors (Lipinski definition) is 1. The van der Waals surface area contributed by atoms with Crippen molar-refractivity contribution in [2.24, 2.45) is 0 Å². The van der Waals surface area contributed by atoms with Crippen molar-refractivity contribution in [3.05, 3.63) is 65.1 Å². The van der Waals surface area contributed by atoms with E-state index in [0.717, 1.165) is 28.3 Å². The van der Waals surface area contributed by atoms with Crippen LogP contribution in [0.25, 0.3) is 21.9 Å². The lowest BCUT2D eigenvalue weighted by atomic mass is 10.0. The Bertz CT molecular complexity index is 1400. The number of halogens is 1. The van der Waals surface area contributed by atoms with Gasteiger partial charge in [0, 0.05) is 41.5 Å². The van der Waals surface area contributed by atoms with Gasteiger partial charge in [0.15, 0.2) is 5.76 Å². The quantitative estimate of drug-likeness (QED) is 0.460. The summed E-state index contributed by atoms with van der Waals surface area (Å²) in [6.07, 6.45) is 2.78. The van der Waals surface area contributed by atoms with Crippen LogP contribution in [-0.4, -0.2) is 50.7 Å². The van der Waals surface area contributed by atoms with Crippen molar-refractivity contribution >= 4 is 51.1 Å². The summed E-state index contributed by atoms with van der Waals surface area (Å²) >= 11 is 6.04. The predicted molar refractivity (Wildman–Crippen MR) is 130 cm³/mol. The zero-order chi connectivity index (χ0) is 23.8. The molecule has 2 aromatic heterocycles. The fourth-order valence-corrected chi connectivity index (χ4v) is 4.65. The maximum Gasteiger partial charge on any atom is 0.290 e. The molecular formula is C25H24ClN5O3. The molecule has 174 valence electrons. The largest absolute Gasteiger partial charge is 0.451 e. The van der Waals surface area contributed by atoms with Crippen molar-refractivity contribution in [3.8, 4) is 0 Å². The number of nitrogens with zero attached hydrogens (tertiary/aromatic N) is 4. The first-order valence-electron chi connectivity index (χ1n) is 11.2. The lowest BCUT2D eigenvalue weighted by molar-refractivity contribution is -0.141. The number of nitrogen functional groups attached to an aromatic ring is 1. The Morgan fingerprint density at radius 1 is 1.18 bits per heavy atom. The van der Waals surface area contributed by atoms with Gasteiger partial charge in [0.2, 0.25) is 5.91 Å². The van der Waals surface area contributed by atoms with Crippen LogP contribution < -0.4 is 5.73 Å². The van der Waals surface area contributed by atoms with Crippen molar-refractivity contribution in [2.75, 3.05) is 18.8 Å². The number of fused-ring (bicyclic) bond motifs is 2. The van der Waals surface area contributed by atoms with E-state index in [0.29, 0.717) is 42.5 Å². The van der Waals surface area contributed by atoms with E-state index in [1.54, 1.807) is 28.0 Å². The van der Waals surface area contributed by atoms with Crippen molar-refractivity contribution < 1.29 is 14.0 Å². The number of nitrogens with two attached hydrogens (primary N) is 1. The molecular weight excluding hydrogens is 454 g/mol. The molecule has 0 aliphatic carbocycles. The Balaban J connectivity index is 1.37. The number of benzene rings is 2. The van der Waals surface area contributed by atoms with Crippen LogP contribution in [-0.2, 0) is 11.3 Å². The van der Waals surface area contributed by atoms with Crippen LogP contribution in [0.1, 0.15) is 35.9 Å². The van der Waals surface area contributed by atoms with Crippen LogP contribution in [0, 0.1) is 0 Å². The van der Waals surface area contributed by atoms with E-state index in [2.05, 4.69) is 9.97 Å². The van der Waals surface area contributed by atoms with Crippen molar-refractivity contribution in [3.63, 3.8) is 0 Å². The molecule has 1 aliphatic heterocycles. The number of amides is 2. The van der Waals surface area contributed by atoms with E-state index in [4.69, 9.17) is 21.8 Å². The number of furan rings is 1. The number of aromatic nitrogens is 2. The maximum absolute atomic E-state index is 13.4. The summed E-state index contributed by atoms with van der Waals surface area (Å²) in [5, 5.41) is 2.12. The first-order chi connectivity index (χ1) is 16.4. The summed E-state index contributed by atoms with van der Waals surface area (Å²) in [4.78, 5) is 38.5. The fourth-order valence-electron chi connectivity index (χ4n) is 4.49. The standard InChI is InChI=1S/C25H24ClN5O3/c1-2-3-20-24(32)30(13-15-4-7-18-19(10-15)28-14-29-23(18)27)8-9-31(20)25(33)22-11-16-5-6-17(26)12-21(16)34-22/h4-7,10-12,14,20H,2-3,8-9,13H2,1H3,(H2,27,28,29). The Morgan fingerprint density at radius 3 is 2.85 bits per heavy atom. The van der Waals surface area contributed by atoms with E-state index in [1.165, 1.54) is 6.33 Å². The minimum absolute atomic E-state index is 0.0668. The van der Waals surface area contributed by atoms with Crippen molar-refractivity contribution in [1.29, 1.82) is 0 Å². The first-order valence-corrected chi connectivity index (χ1v) is 11.6. The van der Waals surface area contributed by atoms with Gasteiger partial charge in [-0.2, -0.15) is 0 Å².